The van der Waals surface area contributed by atoms with Crippen LogP contribution in [0.15, 0.2) is 0 Å². The fourth-order valence-corrected chi connectivity index (χ4v) is 3.27. The van der Waals surface area contributed by atoms with Gasteiger partial charge in [-0.25, -0.2) is 0 Å². The second-order valence-corrected chi connectivity index (χ2v) is 10.6. The van der Waals surface area contributed by atoms with Gasteiger partial charge in [0.05, 0.1) is 6.10 Å². The van der Waals surface area contributed by atoms with E-state index in [0.29, 0.717) is 12.2 Å². The van der Waals surface area contributed by atoms with Crippen molar-refractivity contribution >= 4 is 36.7 Å². The van der Waals surface area contributed by atoms with Crippen molar-refractivity contribution in [3.8, 4) is 0 Å². The van der Waals surface area contributed by atoms with Crippen molar-refractivity contribution in [2.24, 2.45) is 0 Å². The summed E-state index contributed by atoms with van der Waals surface area (Å²) in [4.78, 5) is 11.2. The highest BCUT2D eigenvalue weighted by molar-refractivity contribution is 14.1. The van der Waals surface area contributed by atoms with Crippen LogP contribution in [0.1, 0.15) is 25.7 Å². The van der Waals surface area contributed by atoms with E-state index in [9.17, 15) is 4.79 Å². The maximum absolute atomic E-state index is 11.2. The van der Waals surface area contributed by atoms with E-state index in [1.54, 1.807) is 0 Å². The van der Waals surface area contributed by atoms with Crippen LogP contribution in [0.25, 0.3) is 0 Å². The number of hydrogen-bond acceptors (Lipinski definition) is 2. The van der Waals surface area contributed by atoms with Crippen LogP contribution in [0.2, 0.25) is 13.1 Å². The standard InChI is InChI=1S/C9H17IO2Si/c1-13(2,7-10)12-9-5-3-4-8(11)6-9/h9H,3-7H2,1-2H3/t9-/m0/s1. The number of hydrogen-bond donors (Lipinski definition) is 0. The zero-order valence-corrected chi connectivity index (χ0v) is 11.5. The average molecular weight is 312 g/mol. The van der Waals surface area contributed by atoms with Crippen LogP contribution in [0.5, 0.6) is 0 Å². The summed E-state index contributed by atoms with van der Waals surface area (Å²) in [6.07, 6.45) is 3.77. The third kappa shape index (κ3) is 4.08. The summed E-state index contributed by atoms with van der Waals surface area (Å²) in [6, 6.07) is 0. The molecule has 0 N–H and O–H groups in total. The Balaban J connectivity index is 2.40. The molecule has 0 bridgehead atoms. The first kappa shape index (κ1) is 11.7. The van der Waals surface area contributed by atoms with Gasteiger partial charge in [0, 0.05) is 16.9 Å². The van der Waals surface area contributed by atoms with Gasteiger partial charge in [-0.15, -0.1) is 0 Å². The molecule has 2 nitrogen and oxygen atoms in total. The number of carbonyl (C=O) groups excluding carboxylic acids is 1. The molecule has 0 aromatic rings. The maximum Gasteiger partial charge on any atom is 0.196 e. The van der Waals surface area contributed by atoms with Crippen molar-refractivity contribution in [2.45, 2.75) is 44.9 Å². The predicted octanol–water partition coefficient (Wildman–Crippen LogP) is 2.69. The number of ketones is 1. The molecule has 0 aromatic heterocycles. The van der Waals surface area contributed by atoms with Crippen molar-refractivity contribution in [3.05, 3.63) is 0 Å². The quantitative estimate of drug-likeness (QED) is 0.455. The van der Waals surface area contributed by atoms with E-state index in [1.807, 2.05) is 0 Å². The first-order chi connectivity index (χ1) is 6.03. The molecule has 13 heavy (non-hydrogen) atoms. The molecule has 0 unspecified atom stereocenters. The third-order valence-electron chi connectivity index (χ3n) is 2.24. The lowest BCUT2D eigenvalue weighted by Gasteiger charge is -2.29. The lowest BCUT2D eigenvalue weighted by molar-refractivity contribution is -0.122. The van der Waals surface area contributed by atoms with Gasteiger partial charge in [-0.2, -0.15) is 0 Å². The van der Waals surface area contributed by atoms with Crippen LogP contribution in [0.4, 0.5) is 0 Å². The van der Waals surface area contributed by atoms with Crippen molar-refractivity contribution in [3.63, 3.8) is 0 Å². The lowest BCUT2D eigenvalue weighted by atomic mass is 9.97. The van der Waals surface area contributed by atoms with E-state index in [4.69, 9.17) is 4.43 Å². The molecular weight excluding hydrogens is 295 g/mol. The van der Waals surface area contributed by atoms with Crippen LogP contribution in [0, 0.1) is 0 Å². The first-order valence-electron chi connectivity index (χ1n) is 4.79. The van der Waals surface area contributed by atoms with E-state index in [0.717, 1.165) is 23.3 Å². The van der Waals surface area contributed by atoms with E-state index in [1.165, 1.54) is 0 Å². The van der Waals surface area contributed by atoms with E-state index >= 15 is 0 Å². The molecule has 1 rings (SSSR count). The molecule has 4 heteroatoms. The summed E-state index contributed by atoms with van der Waals surface area (Å²) in [5.74, 6) is 0.384. The largest absolute Gasteiger partial charge is 0.413 e. The van der Waals surface area contributed by atoms with Crippen LogP contribution in [-0.4, -0.2) is 24.3 Å². The number of alkyl halides is 1. The highest BCUT2D eigenvalue weighted by atomic mass is 127. The highest BCUT2D eigenvalue weighted by Crippen LogP contribution is 2.22. The van der Waals surface area contributed by atoms with Crippen LogP contribution < -0.4 is 0 Å². The number of rotatable bonds is 3. The van der Waals surface area contributed by atoms with Gasteiger partial charge in [-0.1, -0.05) is 22.6 Å². The van der Waals surface area contributed by atoms with Crippen LogP contribution in [-0.2, 0) is 9.22 Å². The molecule has 1 aliphatic rings. The molecule has 0 radical (unpaired) electrons. The fourth-order valence-electron chi connectivity index (χ4n) is 1.57. The minimum Gasteiger partial charge on any atom is -0.413 e. The Bertz CT molecular complexity index is 194. The van der Waals surface area contributed by atoms with Gasteiger partial charge in [-0.05, 0) is 25.9 Å². The van der Waals surface area contributed by atoms with Gasteiger partial charge in [-0.3, -0.25) is 4.79 Å². The second kappa shape index (κ2) is 4.88. The molecular formula is C9H17IO2Si. The van der Waals surface area contributed by atoms with Gasteiger partial charge in [0.15, 0.2) is 8.32 Å². The summed E-state index contributed by atoms with van der Waals surface area (Å²) < 4.78 is 7.12. The summed E-state index contributed by atoms with van der Waals surface area (Å²) in [6.45, 7) is 4.44. The molecule has 0 aliphatic heterocycles. The van der Waals surface area contributed by atoms with Gasteiger partial charge in [0.25, 0.3) is 0 Å². The van der Waals surface area contributed by atoms with Crippen molar-refractivity contribution in [2.75, 3.05) is 4.05 Å². The summed E-state index contributed by atoms with van der Waals surface area (Å²) in [5.41, 5.74) is 0. The van der Waals surface area contributed by atoms with Gasteiger partial charge in [0.2, 0.25) is 0 Å². The van der Waals surface area contributed by atoms with Crippen LogP contribution in [0.3, 0.4) is 0 Å². The van der Waals surface area contributed by atoms with Crippen molar-refractivity contribution in [1.29, 1.82) is 0 Å². The zero-order valence-electron chi connectivity index (χ0n) is 8.31. The predicted molar refractivity (Wildman–Crippen MR) is 64.7 cm³/mol. The SMILES string of the molecule is C[Si](C)(CI)O[C@H]1CCCC(=O)C1. The average Bonchev–Trinajstić information content (AvgIpc) is 2.03. The van der Waals surface area contributed by atoms with Gasteiger partial charge >= 0.3 is 0 Å². The Morgan fingerprint density at radius 1 is 1.62 bits per heavy atom. The monoisotopic (exact) mass is 312 g/mol. The lowest BCUT2D eigenvalue weighted by Crippen LogP contribution is -2.39. The molecule has 1 atom stereocenters. The molecule has 1 fully saturated rings. The fraction of sp³-hybridized carbons (Fsp3) is 0.889. The second-order valence-electron chi connectivity index (χ2n) is 4.27. The Kier molecular flexibility index (Phi) is 4.38. The van der Waals surface area contributed by atoms with Crippen molar-refractivity contribution < 1.29 is 9.22 Å². The van der Waals surface area contributed by atoms with Gasteiger partial charge in [0.1, 0.15) is 5.78 Å². The Morgan fingerprint density at radius 2 is 2.31 bits per heavy atom. The third-order valence-corrected chi connectivity index (χ3v) is 9.37. The summed E-state index contributed by atoms with van der Waals surface area (Å²) in [7, 11) is -1.46. The molecule has 76 valence electrons. The number of carbonyl (C=O) groups is 1. The van der Waals surface area contributed by atoms with Gasteiger partial charge < -0.3 is 4.43 Å². The smallest absolute Gasteiger partial charge is 0.196 e. The first-order valence-corrected chi connectivity index (χ1v) is 9.43. The van der Waals surface area contributed by atoms with Crippen LogP contribution >= 0.6 is 22.6 Å². The Labute approximate surface area is 94.7 Å². The summed E-state index contributed by atoms with van der Waals surface area (Å²) >= 11 is 2.38. The molecule has 1 saturated carbocycles. The minimum absolute atomic E-state index is 0.234. The number of halogens is 1. The number of Topliss-reactive ketones (excluding diaryl/α,β-unsaturated/α-hetero) is 1. The summed E-state index contributed by atoms with van der Waals surface area (Å²) in [5, 5.41) is 0. The Hall–Kier alpha value is 0.577. The molecule has 0 aromatic carbocycles. The molecule has 0 saturated heterocycles. The molecule has 0 heterocycles. The Morgan fingerprint density at radius 3 is 2.85 bits per heavy atom. The normalized spacial score (nSPS) is 24.8. The maximum atomic E-state index is 11.2. The molecule has 1 aliphatic carbocycles. The molecule has 0 spiro atoms. The minimum atomic E-state index is -1.46. The topological polar surface area (TPSA) is 26.3 Å². The molecule has 0 amide bonds. The van der Waals surface area contributed by atoms with E-state index in [-0.39, 0.29) is 6.10 Å². The van der Waals surface area contributed by atoms with Crippen molar-refractivity contribution in [1.82, 2.24) is 0 Å². The van der Waals surface area contributed by atoms with E-state index in [2.05, 4.69) is 35.7 Å². The zero-order chi connectivity index (χ0) is 9.90. The van der Waals surface area contributed by atoms with E-state index < -0.39 is 8.32 Å². The highest BCUT2D eigenvalue weighted by Gasteiger charge is 2.28.